The number of nitrogens with zero attached hydrogens (tertiary/aromatic N) is 1. The van der Waals surface area contributed by atoms with Crippen molar-refractivity contribution in [2.75, 3.05) is 6.54 Å². The molecule has 3 amide bonds. The Labute approximate surface area is 120 Å². The maximum atomic E-state index is 13.7. The smallest absolute Gasteiger partial charge is 0.319 e. The highest BCUT2D eigenvalue weighted by atomic mass is 19.4. The number of imide groups is 1. The fourth-order valence-electron chi connectivity index (χ4n) is 2.99. The van der Waals surface area contributed by atoms with Gasteiger partial charge in [-0.25, -0.2) is 13.6 Å². The number of benzene rings is 1. The molecule has 22 heavy (non-hydrogen) atoms. The lowest BCUT2D eigenvalue weighted by molar-refractivity contribution is -0.155. The molecule has 118 valence electrons. The number of urea groups is 1. The second-order valence-corrected chi connectivity index (χ2v) is 5.26. The van der Waals surface area contributed by atoms with E-state index in [0.717, 1.165) is 6.07 Å². The van der Waals surface area contributed by atoms with Crippen LogP contribution in [0.25, 0.3) is 0 Å². The minimum absolute atomic E-state index is 0.0212. The van der Waals surface area contributed by atoms with Gasteiger partial charge in [-0.15, -0.1) is 0 Å². The van der Waals surface area contributed by atoms with Crippen molar-refractivity contribution >= 4 is 11.9 Å². The van der Waals surface area contributed by atoms with E-state index in [-0.39, 0.29) is 28.9 Å². The molecular weight excluding hydrogens is 311 g/mol. The summed E-state index contributed by atoms with van der Waals surface area (Å²) in [6, 6.07) is 0.285. The minimum Gasteiger partial charge on any atom is -0.319 e. The first-order chi connectivity index (χ1) is 10.1. The topological polar surface area (TPSA) is 49.4 Å². The molecule has 1 aliphatic heterocycles. The van der Waals surface area contributed by atoms with Gasteiger partial charge in [0.15, 0.2) is 0 Å². The van der Waals surface area contributed by atoms with Crippen molar-refractivity contribution in [2.24, 2.45) is 0 Å². The Morgan fingerprint density at radius 1 is 1.23 bits per heavy atom. The summed E-state index contributed by atoms with van der Waals surface area (Å²) in [7, 11) is 0. The molecule has 1 saturated heterocycles. The third-order valence-corrected chi connectivity index (χ3v) is 3.88. The molecule has 1 atom stereocenters. The zero-order valence-electron chi connectivity index (χ0n) is 10.9. The summed E-state index contributed by atoms with van der Waals surface area (Å²) < 4.78 is 64.5. The molecule has 1 fully saturated rings. The molecule has 1 heterocycles. The Hall–Kier alpha value is -2.19. The summed E-state index contributed by atoms with van der Waals surface area (Å²) in [6.45, 7) is -1.74. The maximum Gasteiger partial charge on any atom is 0.406 e. The fraction of sp³-hybridized carbons (Fsp3) is 0.385. The van der Waals surface area contributed by atoms with E-state index >= 15 is 0 Å². The number of fused-ring (bicyclic) bond motifs is 2. The Bertz CT molecular complexity index is 688. The maximum absolute atomic E-state index is 13.7. The zero-order valence-corrected chi connectivity index (χ0v) is 10.9. The highest BCUT2D eigenvalue weighted by molar-refractivity contribution is 6.08. The normalized spacial score (nSPS) is 24.1. The minimum atomic E-state index is -4.76. The van der Waals surface area contributed by atoms with E-state index in [1.54, 1.807) is 0 Å². The van der Waals surface area contributed by atoms with Gasteiger partial charge in [-0.3, -0.25) is 9.69 Å². The summed E-state index contributed by atoms with van der Waals surface area (Å²) in [5, 5.41) is 2.17. The molecule has 1 aromatic carbocycles. The van der Waals surface area contributed by atoms with E-state index in [1.165, 1.54) is 0 Å². The van der Waals surface area contributed by atoms with E-state index < -0.39 is 41.8 Å². The predicted molar refractivity (Wildman–Crippen MR) is 62.7 cm³/mol. The number of alkyl halides is 3. The molecule has 1 aromatic rings. The van der Waals surface area contributed by atoms with Crippen LogP contribution in [0.3, 0.4) is 0 Å². The van der Waals surface area contributed by atoms with Crippen LogP contribution in [0, 0.1) is 11.6 Å². The molecular formula is C13H9F5N2O2. The van der Waals surface area contributed by atoms with Gasteiger partial charge >= 0.3 is 12.2 Å². The van der Waals surface area contributed by atoms with Crippen molar-refractivity contribution in [1.82, 2.24) is 10.2 Å². The fourth-order valence-corrected chi connectivity index (χ4v) is 2.99. The Balaban J connectivity index is 2.05. The van der Waals surface area contributed by atoms with E-state index in [0.29, 0.717) is 6.07 Å². The van der Waals surface area contributed by atoms with Gasteiger partial charge in [-0.05, 0) is 30.0 Å². The van der Waals surface area contributed by atoms with E-state index in [9.17, 15) is 31.5 Å². The number of carbonyl (C=O) groups excluding carboxylic acids is 2. The quantitative estimate of drug-likeness (QED) is 0.637. The van der Waals surface area contributed by atoms with Crippen LogP contribution >= 0.6 is 0 Å². The number of carbonyl (C=O) groups is 2. The van der Waals surface area contributed by atoms with Crippen molar-refractivity contribution in [3.63, 3.8) is 0 Å². The van der Waals surface area contributed by atoms with Crippen molar-refractivity contribution in [3.8, 4) is 0 Å². The molecule has 0 bridgehead atoms. The summed E-state index contributed by atoms with van der Waals surface area (Å²) in [4.78, 5) is 24.0. The highest BCUT2D eigenvalue weighted by Crippen LogP contribution is 2.43. The van der Waals surface area contributed by atoms with Crippen LogP contribution in [0.5, 0.6) is 0 Å². The number of hydrogen-bond acceptors (Lipinski definition) is 2. The van der Waals surface area contributed by atoms with Gasteiger partial charge in [0, 0.05) is 6.07 Å². The average Bonchev–Trinajstić information content (AvgIpc) is 2.84. The second kappa shape index (κ2) is 4.40. The summed E-state index contributed by atoms with van der Waals surface area (Å²) in [5.41, 5.74) is -1.91. The van der Waals surface area contributed by atoms with Crippen LogP contribution in [-0.4, -0.2) is 29.6 Å². The molecule has 1 aliphatic carbocycles. The lowest BCUT2D eigenvalue weighted by atomic mass is 9.91. The van der Waals surface area contributed by atoms with Crippen molar-refractivity contribution < 1.29 is 31.5 Å². The number of hydrogen-bond donors (Lipinski definition) is 1. The van der Waals surface area contributed by atoms with E-state index in [4.69, 9.17) is 0 Å². The summed E-state index contributed by atoms with van der Waals surface area (Å²) in [6.07, 6.45) is -4.85. The molecule has 1 N–H and O–H groups in total. The first kappa shape index (κ1) is 14.7. The van der Waals surface area contributed by atoms with Gasteiger partial charge in [0.1, 0.15) is 23.7 Å². The molecule has 9 heteroatoms. The molecule has 0 saturated carbocycles. The summed E-state index contributed by atoms with van der Waals surface area (Å²) in [5.74, 6) is -2.99. The lowest BCUT2D eigenvalue weighted by Gasteiger charge is -2.22. The van der Waals surface area contributed by atoms with Crippen LogP contribution in [0.15, 0.2) is 12.1 Å². The molecule has 2 aliphatic rings. The monoisotopic (exact) mass is 320 g/mol. The molecule has 1 unspecified atom stereocenters. The van der Waals surface area contributed by atoms with Gasteiger partial charge in [-0.1, -0.05) is 0 Å². The van der Waals surface area contributed by atoms with E-state index in [1.807, 2.05) is 0 Å². The Morgan fingerprint density at radius 2 is 1.91 bits per heavy atom. The number of nitrogens with one attached hydrogen (secondary N) is 1. The van der Waals surface area contributed by atoms with Gasteiger partial charge in [0.2, 0.25) is 0 Å². The number of rotatable bonds is 1. The molecule has 1 spiro atoms. The number of amides is 3. The predicted octanol–water partition coefficient (Wildman–Crippen LogP) is 2.22. The largest absolute Gasteiger partial charge is 0.406 e. The van der Waals surface area contributed by atoms with Crippen molar-refractivity contribution in [1.29, 1.82) is 0 Å². The molecule has 0 radical (unpaired) electrons. The third-order valence-electron chi connectivity index (χ3n) is 3.88. The first-order valence-electron chi connectivity index (χ1n) is 6.33. The van der Waals surface area contributed by atoms with Gasteiger partial charge in [0.05, 0.1) is 0 Å². The Morgan fingerprint density at radius 3 is 2.55 bits per heavy atom. The second-order valence-electron chi connectivity index (χ2n) is 5.26. The lowest BCUT2D eigenvalue weighted by Crippen LogP contribution is -2.43. The van der Waals surface area contributed by atoms with E-state index in [2.05, 4.69) is 5.32 Å². The van der Waals surface area contributed by atoms with Crippen LogP contribution in [-0.2, 0) is 16.8 Å². The highest BCUT2D eigenvalue weighted by Gasteiger charge is 2.57. The van der Waals surface area contributed by atoms with Gasteiger partial charge < -0.3 is 5.32 Å². The van der Waals surface area contributed by atoms with Crippen molar-refractivity contribution in [3.05, 3.63) is 34.9 Å². The molecule has 0 aromatic heterocycles. The van der Waals surface area contributed by atoms with Crippen LogP contribution < -0.4 is 5.32 Å². The van der Waals surface area contributed by atoms with Crippen LogP contribution in [0.2, 0.25) is 0 Å². The van der Waals surface area contributed by atoms with Crippen molar-refractivity contribution in [2.45, 2.75) is 24.6 Å². The van der Waals surface area contributed by atoms with Crippen LogP contribution in [0.1, 0.15) is 17.5 Å². The molecule has 4 nitrogen and oxygen atoms in total. The SMILES string of the molecule is O=C1NC2(CCc3c(F)cc(F)cc32)C(=O)N1CC(F)(F)F. The number of halogens is 5. The first-order valence-corrected chi connectivity index (χ1v) is 6.33. The average molecular weight is 320 g/mol. The van der Waals surface area contributed by atoms with Gasteiger partial charge in [0.25, 0.3) is 5.91 Å². The van der Waals surface area contributed by atoms with Crippen LogP contribution in [0.4, 0.5) is 26.7 Å². The third kappa shape index (κ3) is 2.03. The standard InChI is InChI=1S/C13H9F5N2O2/c14-6-3-8-7(9(15)4-6)1-2-12(8)10(21)20(11(22)19-12)5-13(16,17)18/h3-4H,1-2,5H2,(H,19,22). The van der Waals surface area contributed by atoms with Gasteiger partial charge in [-0.2, -0.15) is 13.2 Å². The zero-order chi connectivity index (χ0) is 16.3. The summed E-state index contributed by atoms with van der Waals surface area (Å²) >= 11 is 0. The molecule has 3 rings (SSSR count). The Kier molecular flexibility index (Phi) is 2.95.